The Balaban J connectivity index is 1.57. The first-order valence-corrected chi connectivity index (χ1v) is 8.10. The first kappa shape index (κ1) is 16.2. The molecule has 1 aliphatic heterocycles. The zero-order valence-electron chi connectivity index (χ0n) is 13.2. The van der Waals surface area contributed by atoms with Crippen LogP contribution in [0, 0.1) is 23.2 Å². The van der Waals surface area contributed by atoms with Crippen molar-refractivity contribution in [3.05, 3.63) is 35.4 Å². The van der Waals surface area contributed by atoms with E-state index in [4.69, 9.17) is 10.00 Å². The molecule has 2 atom stereocenters. The van der Waals surface area contributed by atoms with Crippen molar-refractivity contribution in [1.29, 1.82) is 5.26 Å². The lowest BCUT2D eigenvalue weighted by Gasteiger charge is -2.19. The molecule has 2 fully saturated rings. The van der Waals surface area contributed by atoms with E-state index in [2.05, 4.69) is 0 Å². The number of ether oxygens (including phenoxy) is 1. The van der Waals surface area contributed by atoms with E-state index >= 15 is 0 Å². The third-order valence-corrected chi connectivity index (χ3v) is 4.68. The van der Waals surface area contributed by atoms with Crippen LogP contribution >= 0.6 is 0 Å². The van der Waals surface area contributed by atoms with E-state index in [9.17, 15) is 14.4 Å². The van der Waals surface area contributed by atoms with Gasteiger partial charge in [0.05, 0.1) is 23.5 Å². The van der Waals surface area contributed by atoms with Crippen LogP contribution in [0.5, 0.6) is 0 Å². The van der Waals surface area contributed by atoms with Gasteiger partial charge in [0.25, 0.3) is 0 Å². The Hall–Kier alpha value is -2.68. The first-order chi connectivity index (χ1) is 11.6. The maximum Gasteiger partial charge on any atom is 0.326 e. The molecule has 1 aromatic rings. The van der Waals surface area contributed by atoms with E-state index < -0.39 is 5.97 Å². The van der Waals surface area contributed by atoms with Crippen molar-refractivity contribution >= 4 is 17.8 Å². The molecule has 2 aliphatic rings. The van der Waals surface area contributed by atoms with Gasteiger partial charge < -0.3 is 4.74 Å². The topological polar surface area (TPSA) is 87.5 Å². The van der Waals surface area contributed by atoms with Crippen molar-refractivity contribution in [2.75, 3.05) is 6.54 Å². The summed E-state index contributed by atoms with van der Waals surface area (Å²) in [5.74, 6) is -1.61. The number of likely N-dealkylation sites (tertiary alicyclic amines) is 1. The maximum atomic E-state index is 12.3. The van der Waals surface area contributed by atoms with Gasteiger partial charge in [0, 0.05) is 0 Å². The van der Waals surface area contributed by atoms with Crippen LogP contribution in [0.25, 0.3) is 0 Å². The molecule has 2 unspecified atom stereocenters. The Morgan fingerprint density at radius 2 is 1.88 bits per heavy atom. The molecule has 1 saturated carbocycles. The number of rotatable bonds is 4. The smallest absolute Gasteiger partial charge is 0.326 e. The average Bonchev–Trinajstić information content (AvgIpc) is 2.85. The van der Waals surface area contributed by atoms with E-state index in [1.165, 1.54) is 0 Å². The summed E-state index contributed by atoms with van der Waals surface area (Å²) < 4.78 is 5.15. The highest BCUT2D eigenvalue weighted by Crippen LogP contribution is 2.37. The van der Waals surface area contributed by atoms with E-state index in [1.54, 1.807) is 24.3 Å². The number of esters is 1. The highest BCUT2D eigenvalue weighted by molar-refractivity contribution is 6.07. The van der Waals surface area contributed by atoms with Gasteiger partial charge in [-0.05, 0) is 30.5 Å². The summed E-state index contributed by atoms with van der Waals surface area (Å²) in [6, 6.07) is 8.76. The Labute approximate surface area is 140 Å². The lowest BCUT2D eigenvalue weighted by atomic mass is 9.81. The van der Waals surface area contributed by atoms with Crippen LogP contribution in [0.15, 0.2) is 24.3 Å². The number of fused-ring (bicyclic) bond motifs is 1. The highest BCUT2D eigenvalue weighted by Gasteiger charge is 2.48. The minimum Gasteiger partial charge on any atom is -0.459 e. The Morgan fingerprint density at radius 3 is 2.50 bits per heavy atom. The number of amides is 2. The quantitative estimate of drug-likeness (QED) is 0.621. The molecule has 6 nitrogen and oxygen atoms in total. The third-order valence-electron chi connectivity index (χ3n) is 4.68. The van der Waals surface area contributed by atoms with Crippen molar-refractivity contribution in [1.82, 2.24) is 4.90 Å². The van der Waals surface area contributed by atoms with Crippen LogP contribution in [-0.4, -0.2) is 29.2 Å². The first-order valence-electron chi connectivity index (χ1n) is 8.10. The predicted molar refractivity (Wildman–Crippen MR) is 83.1 cm³/mol. The molecule has 24 heavy (non-hydrogen) atoms. The Kier molecular flexibility index (Phi) is 4.61. The van der Waals surface area contributed by atoms with Crippen molar-refractivity contribution in [2.24, 2.45) is 11.8 Å². The number of hydrogen-bond acceptors (Lipinski definition) is 5. The second-order valence-corrected chi connectivity index (χ2v) is 6.23. The second-order valence-electron chi connectivity index (χ2n) is 6.23. The van der Waals surface area contributed by atoms with E-state index in [1.807, 2.05) is 6.07 Å². The summed E-state index contributed by atoms with van der Waals surface area (Å²) in [6.45, 7) is -0.319. The van der Waals surface area contributed by atoms with Gasteiger partial charge in [-0.3, -0.25) is 19.3 Å². The fourth-order valence-corrected chi connectivity index (χ4v) is 3.46. The minimum atomic E-state index is -0.613. The standard InChI is InChI=1S/C18H18N2O4/c19-9-12-4-3-5-13(8-12)11-24-16(21)10-20-17(22)14-6-1-2-7-15(14)18(20)23/h3-5,8,14-15H,1-2,6-7,10-11H2. The number of benzene rings is 1. The van der Waals surface area contributed by atoms with Gasteiger partial charge in [0.2, 0.25) is 11.8 Å². The lowest BCUT2D eigenvalue weighted by Crippen LogP contribution is -2.36. The largest absolute Gasteiger partial charge is 0.459 e. The Morgan fingerprint density at radius 1 is 1.21 bits per heavy atom. The summed E-state index contributed by atoms with van der Waals surface area (Å²) in [6.07, 6.45) is 3.35. The second kappa shape index (κ2) is 6.83. The maximum absolute atomic E-state index is 12.3. The molecule has 2 amide bonds. The molecule has 0 bridgehead atoms. The summed E-state index contributed by atoms with van der Waals surface area (Å²) in [7, 11) is 0. The van der Waals surface area contributed by atoms with Crippen molar-refractivity contribution < 1.29 is 19.1 Å². The molecular formula is C18H18N2O4. The Bertz CT molecular complexity index is 698. The number of hydrogen-bond donors (Lipinski definition) is 0. The molecule has 1 aliphatic carbocycles. The third kappa shape index (κ3) is 3.16. The number of imide groups is 1. The fourth-order valence-electron chi connectivity index (χ4n) is 3.46. The molecule has 1 saturated heterocycles. The van der Waals surface area contributed by atoms with E-state index in [0.29, 0.717) is 11.1 Å². The lowest BCUT2D eigenvalue weighted by molar-refractivity contribution is -0.153. The van der Waals surface area contributed by atoms with Gasteiger partial charge in [-0.15, -0.1) is 0 Å². The van der Waals surface area contributed by atoms with Crippen LogP contribution in [0.1, 0.15) is 36.8 Å². The molecule has 124 valence electrons. The van der Waals surface area contributed by atoms with Gasteiger partial charge in [0.15, 0.2) is 0 Å². The minimum absolute atomic E-state index is 0.0113. The molecular weight excluding hydrogens is 308 g/mol. The zero-order chi connectivity index (χ0) is 17.1. The zero-order valence-corrected chi connectivity index (χ0v) is 13.2. The predicted octanol–water partition coefficient (Wildman–Crippen LogP) is 1.78. The summed E-state index contributed by atoms with van der Waals surface area (Å²) in [5.41, 5.74) is 1.17. The highest BCUT2D eigenvalue weighted by atomic mass is 16.5. The number of nitrogens with zero attached hydrogens (tertiary/aromatic N) is 2. The molecule has 0 aromatic heterocycles. The average molecular weight is 326 g/mol. The van der Waals surface area contributed by atoms with Gasteiger partial charge in [-0.1, -0.05) is 25.0 Å². The normalized spacial score (nSPS) is 22.9. The van der Waals surface area contributed by atoms with Crippen LogP contribution in [0.4, 0.5) is 0 Å². The van der Waals surface area contributed by atoms with Crippen LogP contribution in [0.3, 0.4) is 0 Å². The fraction of sp³-hybridized carbons (Fsp3) is 0.444. The summed E-state index contributed by atoms with van der Waals surface area (Å²) in [4.78, 5) is 37.6. The van der Waals surface area contributed by atoms with E-state index in [0.717, 1.165) is 30.6 Å². The molecule has 6 heteroatoms. The van der Waals surface area contributed by atoms with Crippen LogP contribution in [-0.2, 0) is 25.7 Å². The van der Waals surface area contributed by atoms with Crippen LogP contribution < -0.4 is 0 Å². The van der Waals surface area contributed by atoms with Crippen molar-refractivity contribution in [3.8, 4) is 6.07 Å². The molecule has 3 rings (SSSR count). The molecule has 0 radical (unpaired) electrons. The van der Waals surface area contributed by atoms with Gasteiger partial charge >= 0.3 is 5.97 Å². The number of carbonyl (C=O) groups excluding carboxylic acids is 3. The SMILES string of the molecule is N#Cc1cccc(COC(=O)CN2C(=O)C3CCCCC3C2=O)c1. The molecule has 0 N–H and O–H groups in total. The van der Waals surface area contributed by atoms with Crippen molar-refractivity contribution in [2.45, 2.75) is 32.3 Å². The molecule has 1 aromatic carbocycles. The summed E-state index contributed by atoms with van der Waals surface area (Å²) in [5, 5.41) is 8.85. The van der Waals surface area contributed by atoms with Crippen LogP contribution in [0.2, 0.25) is 0 Å². The molecule has 0 spiro atoms. The summed E-state index contributed by atoms with van der Waals surface area (Å²) >= 11 is 0. The van der Waals surface area contributed by atoms with Crippen molar-refractivity contribution in [3.63, 3.8) is 0 Å². The van der Waals surface area contributed by atoms with Gasteiger partial charge in [-0.25, -0.2) is 0 Å². The van der Waals surface area contributed by atoms with Gasteiger partial charge in [-0.2, -0.15) is 5.26 Å². The number of carbonyl (C=O) groups is 3. The number of nitriles is 1. The van der Waals surface area contributed by atoms with Gasteiger partial charge in [0.1, 0.15) is 13.2 Å². The molecule has 1 heterocycles. The van der Waals surface area contributed by atoms with E-state index in [-0.39, 0.29) is 36.8 Å². The monoisotopic (exact) mass is 326 g/mol.